The molecule has 4 nitrogen and oxygen atoms in total. The molecule has 0 saturated heterocycles. The lowest BCUT2D eigenvalue weighted by Gasteiger charge is -2.25. The van der Waals surface area contributed by atoms with Gasteiger partial charge in [0.25, 0.3) is 0 Å². The minimum atomic E-state index is -3.42. The van der Waals surface area contributed by atoms with Crippen molar-refractivity contribution >= 4 is 21.4 Å². The van der Waals surface area contributed by atoms with Crippen LogP contribution in [0.15, 0.2) is 16.3 Å². The van der Waals surface area contributed by atoms with Gasteiger partial charge in [-0.1, -0.05) is 13.8 Å². The van der Waals surface area contributed by atoms with Crippen LogP contribution in [0.5, 0.6) is 0 Å². The summed E-state index contributed by atoms with van der Waals surface area (Å²) in [7, 11) is -3.42. The molecule has 1 atom stereocenters. The fraction of sp³-hybridized carbons (Fsp3) is 0.636. The van der Waals surface area contributed by atoms with Gasteiger partial charge in [-0.05, 0) is 19.4 Å². The molecule has 0 aliphatic rings. The Bertz CT molecular complexity index is 453. The quantitative estimate of drug-likeness (QED) is 0.866. The van der Waals surface area contributed by atoms with Gasteiger partial charge >= 0.3 is 0 Å². The zero-order chi connectivity index (χ0) is 13.1. The van der Waals surface area contributed by atoms with Crippen LogP contribution in [0.3, 0.4) is 0 Å². The third-order valence-corrected chi connectivity index (χ3v) is 5.92. The average molecular weight is 277 g/mol. The minimum Gasteiger partial charge on any atom is -0.391 e. The molecular formula is C11H19NO3S2. The average Bonchev–Trinajstić information content (AvgIpc) is 2.78. The predicted molar refractivity (Wildman–Crippen MR) is 69.6 cm³/mol. The first kappa shape index (κ1) is 14.6. The summed E-state index contributed by atoms with van der Waals surface area (Å²) in [6.07, 6.45) is 0.782. The van der Waals surface area contributed by atoms with Crippen LogP contribution in [-0.2, 0) is 16.6 Å². The van der Waals surface area contributed by atoms with Gasteiger partial charge in [-0.15, -0.1) is 11.3 Å². The van der Waals surface area contributed by atoms with Gasteiger partial charge in [0.05, 0.1) is 11.5 Å². The highest BCUT2D eigenvalue weighted by molar-refractivity contribution is 7.89. The van der Waals surface area contributed by atoms with Gasteiger partial charge in [-0.25, -0.2) is 8.42 Å². The molecule has 1 rings (SSSR count). The van der Waals surface area contributed by atoms with Crippen LogP contribution in [0.2, 0.25) is 0 Å². The number of nitrogens with zero attached hydrogens (tertiary/aromatic N) is 1. The van der Waals surface area contributed by atoms with E-state index in [9.17, 15) is 8.42 Å². The molecule has 1 heterocycles. The topological polar surface area (TPSA) is 57.6 Å². The summed E-state index contributed by atoms with van der Waals surface area (Å²) in [4.78, 5) is 0.956. The zero-order valence-corrected chi connectivity index (χ0v) is 12.0. The molecule has 0 aliphatic heterocycles. The molecule has 1 unspecified atom stereocenters. The van der Waals surface area contributed by atoms with Gasteiger partial charge in [0.15, 0.2) is 0 Å². The SMILES string of the molecule is CCC(C)N(CC)S(=O)(=O)c1csc(CO)c1. The van der Waals surface area contributed by atoms with Gasteiger partial charge in [0.1, 0.15) is 0 Å². The van der Waals surface area contributed by atoms with Gasteiger partial charge in [-0.2, -0.15) is 4.31 Å². The van der Waals surface area contributed by atoms with E-state index in [0.717, 1.165) is 6.42 Å². The van der Waals surface area contributed by atoms with E-state index in [2.05, 4.69) is 0 Å². The van der Waals surface area contributed by atoms with Crippen molar-refractivity contribution in [1.29, 1.82) is 0 Å². The molecule has 1 aromatic heterocycles. The molecule has 1 N–H and O–H groups in total. The van der Waals surface area contributed by atoms with Crippen LogP contribution in [0.4, 0.5) is 0 Å². The lowest BCUT2D eigenvalue weighted by molar-refractivity contribution is 0.285. The van der Waals surface area contributed by atoms with Crippen molar-refractivity contribution in [2.75, 3.05) is 6.54 Å². The zero-order valence-electron chi connectivity index (χ0n) is 10.4. The number of aliphatic hydroxyl groups excluding tert-OH is 1. The van der Waals surface area contributed by atoms with Gasteiger partial charge < -0.3 is 5.11 Å². The van der Waals surface area contributed by atoms with Crippen LogP contribution in [0.1, 0.15) is 32.1 Å². The predicted octanol–water partition coefficient (Wildman–Crippen LogP) is 2.05. The standard InChI is InChI=1S/C11H19NO3S2/c1-4-9(3)12(5-2)17(14,15)11-6-10(7-13)16-8-11/h6,8-9,13H,4-5,7H2,1-3H3. The fourth-order valence-corrected chi connectivity index (χ4v) is 4.47. The summed E-state index contributed by atoms with van der Waals surface area (Å²) in [6.45, 7) is 6.05. The highest BCUT2D eigenvalue weighted by Crippen LogP contribution is 2.24. The third kappa shape index (κ3) is 3.07. The smallest absolute Gasteiger partial charge is 0.244 e. The maximum Gasteiger partial charge on any atom is 0.244 e. The van der Waals surface area contributed by atoms with E-state index < -0.39 is 10.0 Å². The summed E-state index contributed by atoms with van der Waals surface area (Å²) in [5, 5.41) is 10.6. The van der Waals surface area contributed by atoms with Crippen molar-refractivity contribution in [2.24, 2.45) is 0 Å². The lowest BCUT2D eigenvalue weighted by atomic mass is 10.3. The molecule has 0 aliphatic carbocycles. The first-order valence-electron chi connectivity index (χ1n) is 5.67. The van der Waals surface area contributed by atoms with Gasteiger partial charge in [-0.3, -0.25) is 0 Å². The van der Waals surface area contributed by atoms with Crippen molar-refractivity contribution in [1.82, 2.24) is 4.31 Å². The van der Waals surface area contributed by atoms with Crippen molar-refractivity contribution in [3.63, 3.8) is 0 Å². The number of rotatable bonds is 6. The Balaban J connectivity index is 3.08. The van der Waals surface area contributed by atoms with Crippen LogP contribution < -0.4 is 0 Å². The Morgan fingerprint density at radius 3 is 2.53 bits per heavy atom. The summed E-state index contributed by atoms with van der Waals surface area (Å²) >= 11 is 1.27. The van der Waals surface area contributed by atoms with E-state index in [-0.39, 0.29) is 17.5 Å². The molecule has 0 bridgehead atoms. The Kier molecular flexibility index (Phi) is 5.12. The molecule has 98 valence electrons. The molecule has 0 saturated carbocycles. The Hall–Kier alpha value is -0.430. The molecule has 0 radical (unpaired) electrons. The lowest BCUT2D eigenvalue weighted by Crippen LogP contribution is -2.37. The molecule has 0 spiro atoms. The molecule has 6 heteroatoms. The highest BCUT2D eigenvalue weighted by Gasteiger charge is 2.27. The first-order chi connectivity index (χ1) is 7.97. The van der Waals surface area contributed by atoms with Gasteiger partial charge in [0.2, 0.25) is 10.0 Å². The largest absolute Gasteiger partial charge is 0.391 e. The van der Waals surface area contributed by atoms with Crippen molar-refractivity contribution in [3.8, 4) is 0 Å². The molecule has 0 amide bonds. The molecule has 0 aromatic carbocycles. The third-order valence-electron chi connectivity index (χ3n) is 2.79. The monoisotopic (exact) mass is 277 g/mol. The second-order valence-electron chi connectivity index (χ2n) is 3.87. The number of sulfonamides is 1. The summed E-state index contributed by atoms with van der Waals surface area (Å²) < 4.78 is 26.2. The number of aliphatic hydroxyl groups is 1. The van der Waals surface area contributed by atoms with E-state index in [1.165, 1.54) is 15.6 Å². The van der Waals surface area contributed by atoms with Crippen molar-refractivity contribution in [3.05, 3.63) is 16.3 Å². The Morgan fingerprint density at radius 1 is 1.47 bits per heavy atom. The van der Waals surface area contributed by atoms with Crippen LogP contribution >= 0.6 is 11.3 Å². The van der Waals surface area contributed by atoms with E-state index in [1.54, 1.807) is 11.4 Å². The van der Waals surface area contributed by atoms with E-state index in [1.807, 2.05) is 20.8 Å². The number of hydrogen-bond donors (Lipinski definition) is 1. The van der Waals surface area contributed by atoms with Crippen molar-refractivity contribution in [2.45, 2.75) is 44.7 Å². The normalized spacial score (nSPS) is 14.2. The van der Waals surface area contributed by atoms with Crippen LogP contribution in [0, 0.1) is 0 Å². The summed E-state index contributed by atoms with van der Waals surface area (Å²) in [6, 6.07) is 1.54. The molecule has 1 aromatic rings. The minimum absolute atomic E-state index is 0.0116. The number of hydrogen-bond acceptors (Lipinski definition) is 4. The van der Waals surface area contributed by atoms with E-state index in [4.69, 9.17) is 5.11 Å². The maximum absolute atomic E-state index is 12.3. The Labute approximate surface area is 107 Å². The van der Waals surface area contributed by atoms with Crippen LogP contribution in [-0.4, -0.2) is 30.4 Å². The maximum atomic E-state index is 12.3. The second-order valence-corrected chi connectivity index (χ2v) is 6.76. The van der Waals surface area contributed by atoms with E-state index >= 15 is 0 Å². The fourth-order valence-electron chi connectivity index (χ4n) is 1.64. The highest BCUT2D eigenvalue weighted by atomic mass is 32.2. The van der Waals surface area contributed by atoms with Gasteiger partial charge in [0, 0.05) is 22.8 Å². The number of thiophene rings is 1. The van der Waals surface area contributed by atoms with Crippen molar-refractivity contribution < 1.29 is 13.5 Å². The second kappa shape index (κ2) is 5.95. The van der Waals surface area contributed by atoms with E-state index in [0.29, 0.717) is 11.4 Å². The summed E-state index contributed by atoms with van der Waals surface area (Å²) in [5.41, 5.74) is 0. The molecule has 0 fully saturated rings. The molecule has 17 heavy (non-hydrogen) atoms. The Morgan fingerprint density at radius 2 is 2.12 bits per heavy atom. The summed E-state index contributed by atoms with van der Waals surface area (Å²) in [5.74, 6) is 0. The molecular weight excluding hydrogens is 258 g/mol. The first-order valence-corrected chi connectivity index (χ1v) is 7.99. The van der Waals surface area contributed by atoms with Crippen LogP contribution in [0.25, 0.3) is 0 Å².